The summed E-state index contributed by atoms with van der Waals surface area (Å²) in [6, 6.07) is 1.74. The van der Waals surface area contributed by atoms with E-state index in [1.165, 1.54) is 0 Å². The molecule has 1 N–H and O–H groups in total. The first-order valence-electron chi connectivity index (χ1n) is 8.67. The van der Waals surface area contributed by atoms with Crippen LogP contribution in [0.5, 0.6) is 0 Å². The van der Waals surface area contributed by atoms with Crippen LogP contribution in [0.3, 0.4) is 0 Å². The second-order valence-electron chi connectivity index (χ2n) is 6.66. The largest absolute Gasteiger partial charge is 0.481 e. The maximum atomic E-state index is 11.8. The molecule has 138 valence electrons. The molecule has 1 unspecified atom stereocenters. The van der Waals surface area contributed by atoms with E-state index >= 15 is 0 Å². The summed E-state index contributed by atoms with van der Waals surface area (Å²) >= 11 is 0. The fourth-order valence-corrected chi connectivity index (χ4v) is 5.32. The van der Waals surface area contributed by atoms with Crippen LogP contribution in [0.1, 0.15) is 26.2 Å². The van der Waals surface area contributed by atoms with Gasteiger partial charge in [-0.05, 0) is 32.3 Å². The average Bonchev–Trinajstić information content (AvgIpc) is 2.95. The predicted octanol–water partition coefficient (Wildman–Crippen LogP) is 0.791. The van der Waals surface area contributed by atoms with Crippen LogP contribution in [0, 0.1) is 5.92 Å². The highest BCUT2D eigenvalue weighted by molar-refractivity contribution is 7.91. The van der Waals surface area contributed by atoms with Crippen LogP contribution in [0.2, 0.25) is 0 Å². The minimum atomic E-state index is -2.97. The van der Waals surface area contributed by atoms with E-state index in [0.717, 1.165) is 5.82 Å². The average molecular weight is 368 g/mol. The van der Waals surface area contributed by atoms with Gasteiger partial charge in [0.2, 0.25) is 5.95 Å². The summed E-state index contributed by atoms with van der Waals surface area (Å²) in [5.41, 5.74) is 0. The summed E-state index contributed by atoms with van der Waals surface area (Å²) in [6.45, 7) is 3.92. The Hall–Kier alpha value is -1.90. The third-order valence-electron chi connectivity index (χ3n) is 5.04. The molecule has 0 amide bonds. The van der Waals surface area contributed by atoms with Crippen LogP contribution < -0.4 is 9.80 Å². The zero-order valence-corrected chi connectivity index (χ0v) is 15.2. The van der Waals surface area contributed by atoms with Crippen molar-refractivity contribution in [2.45, 2.75) is 32.2 Å². The van der Waals surface area contributed by atoms with Gasteiger partial charge in [-0.3, -0.25) is 4.79 Å². The summed E-state index contributed by atoms with van der Waals surface area (Å²) in [4.78, 5) is 24.1. The number of aliphatic carboxylic acids is 1. The van der Waals surface area contributed by atoms with E-state index in [1.807, 2.05) is 17.9 Å². The first-order valence-corrected chi connectivity index (χ1v) is 10.5. The Morgan fingerprint density at radius 2 is 2.08 bits per heavy atom. The number of carboxylic acid groups (broad SMARTS) is 1. The number of piperidine rings is 1. The van der Waals surface area contributed by atoms with Gasteiger partial charge in [-0.15, -0.1) is 0 Å². The molecule has 0 bridgehead atoms. The molecule has 2 saturated heterocycles. The molecule has 1 aromatic heterocycles. The van der Waals surface area contributed by atoms with Crippen molar-refractivity contribution in [3.63, 3.8) is 0 Å². The molecule has 3 heterocycles. The molecule has 2 aliphatic heterocycles. The van der Waals surface area contributed by atoms with Crippen molar-refractivity contribution < 1.29 is 18.3 Å². The van der Waals surface area contributed by atoms with Gasteiger partial charge in [0.25, 0.3) is 0 Å². The number of anilines is 2. The van der Waals surface area contributed by atoms with E-state index in [-0.39, 0.29) is 23.5 Å². The molecule has 0 saturated carbocycles. The summed E-state index contributed by atoms with van der Waals surface area (Å²) in [6.07, 6.45) is 3.50. The van der Waals surface area contributed by atoms with Gasteiger partial charge in [-0.2, -0.15) is 4.98 Å². The van der Waals surface area contributed by atoms with Crippen molar-refractivity contribution in [3.8, 4) is 0 Å². The highest BCUT2D eigenvalue weighted by Gasteiger charge is 2.33. The number of sulfone groups is 1. The Morgan fingerprint density at radius 3 is 2.64 bits per heavy atom. The number of carbonyl (C=O) groups is 1. The van der Waals surface area contributed by atoms with E-state index < -0.39 is 15.8 Å². The van der Waals surface area contributed by atoms with E-state index in [4.69, 9.17) is 5.11 Å². The number of rotatable bonds is 5. The second kappa shape index (κ2) is 7.15. The van der Waals surface area contributed by atoms with Gasteiger partial charge in [0.1, 0.15) is 5.82 Å². The maximum absolute atomic E-state index is 11.8. The van der Waals surface area contributed by atoms with Gasteiger partial charge >= 0.3 is 5.97 Å². The van der Waals surface area contributed by atoms with Crippen LogP contribution >= 0.6 is 0 Å². The fraction of sp³-hybridized carbons (Fsp3) is 0.688. The van der Waals surface area contributed by atoms with Gasteiger partial charge in [0.15, 0.2) is 9.84 Å². The summed E-state index contributed by atoms with van der Waals surface area (Å²) < 4.78 is 23.5. The quantitative estimate of drug-likeness (QED) is 0.814. The Bertz CT molecular complexity index is 731. The normalized spacial score (nSPS) is 23.6. The second-order valence-corrected chi connectivity index (χ2v) is 8.89. The van der Waals surface area contributed by atoms with Gasteiger partial charge in [0.05, 0.1) is 17.4 Å². The smallest absolute Gasteiger partial charge is 0.306 e. The van der Waals surface area contributed by atoms with Crippen molar-refractivity contribution in [3.05, 3.63) is 12.3 Å². The molecule has 1 aromatic rings. The lowest BCUT2D eigenvalue weighted by atomic mass is 9.97. The standard InChI is InChI=1S/C16H24N4O4S/c1-2-20(13-6-10-25(23,24)11-13)16-17-7-3-14(18-16)19-8-4-12(5-9-19)15(21)22/h3,7,12-13H,2,4-6,8-11H2,1H3,(H,21,22). The molecule has 1 atom stereocenters. The number of carboxylic acids is 1. The van der Waals surface area contributed by atoms with Crippen molar-refractivity contribution >= 4 is 27.6 Å². The fourth-order valence-electron chi connectivity index (χ4n) is 3.59. The molecule has 2 fully saturated rings. The first-order chi connectivity index (χ1) is 11.9. The van der Waals surface area contributed by atoms with Gasteiger partial charge in [-0.25, -0.2) is 13.4 Å². The maximum Gasteiger partial charge on any atom is 0.306 e. The summed E-state index contributed by atoms with van der Waals surface area (Å²) in [7, 11) is -2.97. The van der Waals surface area contributed by atoms with E-state index in [2.05, 4.69) is 14.9 Å². The lowest BCUT2D eigenvalue weighted by Crippen LogP contribution is -2.39. The summed E-state index contributed by atoms with van der Waals surface area (Å²) in [5, 5.41) is 9.11. The minimum absolute atomic E-state index is 0.0806. The van der Waals surface area contributed by atoms with E-state index in [9.17, 15) is 13.2 Å². The highest BCUT2D eigenvalue weighted by atomic mass is 32.2. The molecular formula is C16H24N4O4S. The van der Waals surface area contributed by atoms with Crippen LogP contribution in [0.25, 0.3) is 0 Å². The highest BCUT2D eigenvalue weighted by Crippen LogP contribution is 2.25. The molecule has 3 rings (SSSR count). The molecule has 0 radical (unpaired) electrons. The Balaban J connectivity index is 1.74. The molecule has 0 aromatic carbocycles. The molecule has 8 nitrogen and oxygen atoms in total. The predicted molar refractivity (Wildman–Crippen MR) is 94.7 cm³/mol. The van der Waals surface area contributed by atoms with Gasteiger partial charge < -0.3 is 14.9 Å². The number of hydrogen-bond donors (Lipinski definition) is 1. The Morgan fingerprint density at radius 1 is 1.36 bits per heavy atom. The third-order valence-corrected chi connectivity index (χ3v) is 6.79. The first kappa shape index (κ1) is 17.9. The summed E-state index contributed by atoms with van der Waals surface area (Å²) in [5.74, 6) is 0.668. The number of hydrogen-bond acceptors (Lipinski definition) is 7. The van der Waals surface area contributed by atoms with Crippen LogP contribution in [-0.2, 0) is 14.6 Å². The van der Waals surface area contributed by atoms with Crippen molar-refractivity contribution in [1.82, 2.24) is 9.97 Å². The monoisotopic (exact) mass is 368 g/mol. The SMILES string of the molecule is CCN(c1nccc(N2CCC(C(=O)O)CC2)n1)C1CCS(=O)(=O)C1. The zero-order chi connectivity index (χ0) is 18.0. The topological polar surface area (TPSA) is 104 Å². The van der Waals surface area contributed by atoms with Crippen LogP contribution in [-0.4, -0.2) is 66.6 Å². The molecule has 0 spiro atoms. The van der Waals surface area contributed by atoms with Gasteiger partial charge in [-0.1, -0.05) is 0 Å². The lowest BCUT2D eigenvalue weighted by molar-refractivity contribution is -0.142. The van der Waals surface area contributed by atoms with E-state index in [0.29, 0.717) is 44.8 Å². The molecule has 25 heavy (non-hydrogen) atoms. The zero-order valence-electron chi connectivity index (χ0n) is 14.3. The lowest BCUT2D eigenvalue weighted by Gasteiger charge is -2.32. The Labute approximate surface area is 147 Å². The number of nitrogens with zero attached hydrogens (tertiary/aromatic N) is 4. The molecular weight excluding hydrogens is 344 g/mol. The van der Waals surface area contributed by atoms with Gasteiger partial charge in [0, 0.05) is 31.9 Å². The molecule has 9 heteroatoms. The Kier molecular flexibility index (Phi) is 5.12. The van der Waals surface area contributed by atoms with Crippen LogP contribution in [0.15, 0.2) is 12.3 Å². The van der Waals surface area contributed by atoms with Crippen molar-refractivity contribution in [1.29, 1.82) is 0 Å². The number of aromatic nitrogens is 2. The van der Waals surface area contributed by atoms with Crippen molar-refractivity contribution in [2.75, 3.05) is 40.9 Å². The van der Waals surface area contributed by atoms with Crippen LogP contribution in [0.4, 0.5) is 11.8 Å². The van der Waals surface area contributed by atoms with Crippen molar-refractivity contribution in [2.24, 2.45) is 5.92 Å². The third kappa shape index (κ3) is 4.02. The molecule has 0 aliphatic carbocycles. The minimum Gasteiger partial charge on any atom is -0.481 e. The molecule has 2 aliphatic rings. The van der Waals surface area contributed by atoms with E-state index in [1.54, 1.807) is 6.20 Å².